The SMILES string of the molecule is CCCCCCCOc1cccc(NC(=O)c2cc(C)c(F)nc2N)c1. The molecule has 1 aromatic heterocycles. The van der Waals surface area contributed by atoms with Crippen LogP contribution in [0.5, 0.6) is 5.75 Å². The van der Waals surface area contributed by atoms with Gasteiger partial charge in [0.05, 0.1) is 12.2 Å². The van der Waals surface area contributed by atoms with E-state index < -0.39 is 11.9 Å². The van der Waals surface area contributed by atoms with Crippen molar-refractivity contribution in [3.05, 3.63) is 47.4 Å². The molecule has 0 unspecified atom stereocenters. The number of ether oxygens (including phenoxy) is 1. The predicted molar refractivity (Wildman–Crippen MR) is 102 cm³/mol. The van der Waals surface area contributed by atoms with Crippen LogP contribution in [0.4, 0.5) is 15.9 Å². The summed E-state index contributed by atoms with van der Waals surface area (Å²) in [5.74, 6) is -0.548. The largest absolute Gasteiger partial charge is 0.494 e. The van der Waals surface area contributed by atoms with E-state index in [9.17, 15) is 9.18 Å². The van der Waals surface area contributed by atoms with E-state index in [1.165, 1.54) is 32.3 Å². The topological polar surface area (TPSA) is 77.2 Å². The zero-order valence-electron chi connectivity index (χ0n) is 15.3. The van der Waals surface area contributed by atoms with Crippen LogP contribution in [-0.2, 0) is 0 Å². The molecule has 140 valence electrons. The third kappa shape index (κ3) is 5.72. The first kappa shape index (κ1) is 19.7. The maximum Gasteiger partial charge on any atom is 0.259 e. The number of halogens is 1. The van der Waals surface area contributed by atoms with Crippen molar-refractivity contribution in [3.63, 3.8) is 0 Å². The Hall–Kier alpha value is -2.63. The van der Waals surface area contributed by atoms with Crippen molar-refractivity contribution in [2.45, 2.75) is 46.0 Å². The van der Waals surface area contributed by atoms with Crippen molar-refractivity contribution in [2.75, 3.05) is 17.7 Å². The molecule has 0 atom stereocenters. The lowest BCUT2D eigenvalue weighted by molar-refractivity contribution is 0.102. The van der Waals surface area contributed by atoms with Gasteiger partial charge in [0.25, 0.3) is 5.91 Å². The number of carbonyl (C=O) groups excluding carboxylic acids is 1. The Morgan fingerprint density at radius 2 is 2.00 bits per heavy atom. The fraction of sp³-hybridized carbons (Fsp3) is 0.400. The number of hydrogen-bond donors (Lipinski definition) is 2. The summed E-state index contributed by atoms with van der Waals surface area (Å²) in [4.78, 5) is 15.9. The van der Waals surface area contributed by atoms with E-state index >= 15 is 0 Å². The van der Waals surface area contributed by atoms with Crippen molar-refractivity contribution in [3.8, 4) is 5.75 Å². The Balaban J connectivity index is 1.93. The Kier molecular flexibility index (Phi) is 7.38. The number of aryl methyl sites for hydroxylation is 1. The third-order valence-electron chi connectivity index (χ3n) is 4.03. The number of nitrogens with one attached hydrogen (secondary N) is 1. The number of aromatic nitrogens is 1. The van der Waals surface area contributed by atoms with Gasteiger partial charge in [-0.15, -0.1) is 0 Å². The van der Waals surface area contributed by atoms with Crippen molar-refractivity contribution < 1.29 is 13.9 Å². The minimum atomic E-state index is -0.673. The van der Waals surface area contributed by atoms with Gasteiger partial charge in [-0.1, -0.05) is 38.7 Å². The molecule has 3 N–H and O–H groups in total. The first-order valence-electron chi connectivity index (χ1n) is 8.98. The molecule has 0 aliphatic carbocycles. The Morgan fingerprint density at radius 3 is 2.77 bits per heavy atom. The summed E-state index contributed by atoms with van der Waals surface area (Å²) in [5.41, 5.74) is 6.65. The third-order valence-corrected chi connectivity index (χ3v) is 4.03. The quantitative estimate of drug-likeness (QED) is 0.502. The van der Waals surface area contributed by atoms with E-state index in [2.05, 4.69) is 17.2 Å². The van der Waals surface area contributed by atoms with Crippen LogP contribution in [0.2, 0.25) is 0 Å². The second-order valence-electron chi connectivity index (χ2n) is 6.27. The number of unbranched alkanes of at least 4 members (excludes halogenated alkanes) is 4. The molecule has 26 heavy (non-hydrogen) atoms. The molecule has 0 aliphatic rings. The van der Waals surface area contributed by atoms with E-state index in [1.54, 1.807) is 18.2 Å². The van der Waals surface area contributed by atoms with Crippen LogP contribution in [0, 0.1) is 12.9 Å². The monoisotopic (exact) mass is 359 g/mol. The molecule has 1 amide bonds. The molecular formula is C20H26FN3O2. The number of benzene rings is 1. The molecule has 0 bridgehead atoms. The summed E-state index contributed by atoms with van der Waals surface area (Å²) in [6.45, 7) is 4.37. The Labute approximate surface area is 153 Å². The highest BCUT2D eigenvalue weighted by Gasteiger charge is 2.14. The summed E-state index contributed by atoms with van der Waals surface area (Å²) in [7, 11) is 0. The zero-order chi connectivity index (χ0) is 18.9. The van der Waals surface area contributed by atoms with Gasteiger partial charge < -0.3 is 15.8 Å². The van der Waals surface area contributed by atoms with E-state index in [1.807, 2.05) is 6.07 Å². The normalized spacial score (nSPS) is 10.6. The van der Waals surface area contributed by atoms with E-state index in [0.29, 0.717) is 18.0 Å². The molecule has 0 saturated heterocycles. The highest BCUT2D eigenvalue weighted by atomic mass is 19.1. The van der Waals surface area contributed by atoms with Crippen LogP contribution in [-0.4, -0.2) is 17.5 Å². The molecule has 5 nitrogen and oxygen atoms in total. The van der Waals surface area contributed by atoms with Crippen LogP contribution in [0.15, 0.2) is 30.3 Å². The predicted octanol–water partition coefficient (Wildman–Crippen LogP) is 4.71. The van der Waals surface area contributed by atoms with E-state index in [-0.39, 0.29) is 16.9 Å². The number of nitrogens with zero attached hydrogens (tertiary/aromatic N) is 1. The van der Waals surface area contributed by atoms with Crippen molar-refractivity contribution in [1.82, 2.24) is 4.98 Å². The fourth-order valence-corrected chi connectivity index (χ4v) is 2.54. The van der Waals surface area contributed by atoms with Gasteiger partial charge in [-0.25, -0.2) is 4.98 Å². The smallest absolute Gasteiger partial charge is 0.259 e. The Bertz CT molecular complexity index is 750. The molecule has 0 spiro atoms. The van der Waals surface area contributed by atoms with Crippen LogP contribution in [0.3, 0.4) is 0 Å². The molecule has 0 aliphatic heterocycles. The van der Waals surface area contributed by atoms with Gasteiger partial charge in [0.2, 0.25) is 5.95 Å². The van der Waals surface area contributed by atoms with Crippen LogP contribution in [0.1, 0.15) is 54.9 Å². The number of pyridine rings is 1. The molecule has 1 heterocycles. The average Bonchev–Trinajstić information content (AvgIpc) is 2.61. The van der Waals surface area contributed by atoms with Gasteiger partial charge in [-0.05, 0) is 31.5 Å². The lowest BCUT2D eigenvalue weighted by Gasteiger charge is -2.10. The van der Waals surface area contributed by atoms with Crippen LogP contribution >= 0.6 is 0 Å². The minimum absolute atomic E-state index is 0.134. The fourth-order valence-electron chi connectivity index (χ4n) is 2.54. The molecule has 2 rings (SSSR count). The van der Waals surface area contributed by atoms with E-state index in [0.717, 1.165) is 12.8 Å². The second-order valence-corrected chi connectivity index (χ2v) is 6.27. The van der Waals surface area contributed by atoms with Crippen LogP contribution in [0.25, 0.3) is 0 Å². The molecule has 0 fully saturated rings. The summed E-state index contributed by atoms with van der Waals surface area (Å²) in [6.07, 6.45) is 5.86. The average molecular weight is 359 g/mol. The van der Waals surface area contributed by atoms with Crippen molar-refractivity contribution in [1.29, 1.82) is 0 Å². The summed E-state index contributed by atoms with van der Waals surface area (Å²) >= 11 is 0. The zero-order valence-corrected chi connectivity index (χ0v) is 15.3. The number of nitrogens with two attached hydrogens (primary N) is 1. The number of amides is 1. The summed E-state index contributed by atoms with van der Waals surface area (Å²) in [6, 6.07) is 8.55. The van der Waals surface area contributed by atoms with Gasteiger partial charge in [-0.2, -0.15) is 4.39 Å². The summed E-state index contributed by atoms with van der Waals surface area (Å²) in [5, 5.41) is 2.74. The second kappa shape index (κ2) is 9.75. The number of carbonyl (C=O) groups is 1. The molecule has 2 aromatic rings. The molecular weight excluding hydrogens is 333 g/mol. The van der Waals surface area contributed by atoms with Gasteiger partial charge in [0.15, 0.2) is 0 Å². The highest BCUT2D eigenvalue weighted by Crippen LogP contribution is 2.20. The standard InChI is InChI=1S/C20H26FN3O2/c1-3-4-5-6-7-11-26-16-10-8-9-15(13-16)23-20(25)17-12-14(2)18(21)24-19(17)22/h8-10,12-13H,3-7,11H2,1-2H3,(H2,22,24)(H,23,25). The first-order valence-corrected chi connectivity index (χ1v) is 8.98. The first-order chi connectivity index (χ1) is 12.5. The van der Waals surface area contributed by atoms with Crippen molar-refractivity contribution >= 4 is 17.4 Å². The molecule has 0 saturated carbocycles. The maximum atomic E-state index is 13.4. The van der Waals surface area contributed by atoms with Crippen molar-refractivity contribution in [2.24, 2.45) is 0 Å². The maximum absolute atomic E-state index is 13.4. The minimum Gasteiger partial charge on any atom is -0.494 e. The van der Waals surface area contributed by atoms with Gasteiger partial charge in [0.1, 0.15) is 11.6 Å². The number of rotatable bonds is 9. The van der Waals surface area contributed by atoms with Gasteiger partial charge >= 0.3 is 0 Å². The molecule has 6 heteroatoms. The lowest BCUT2D eigenvalue weighted by Crippen LogP contribution is -2.16. The number of hydrogen-bond acceptors (Lipinski definition) is 4. The summed E-state index contributed by atoms with van der Waals surface area (Å²) < 4.78 is 19.1. The molecule has 0 radical (unpaired) electrons. The number of anilines is 2. The number of nitrogen functional groups attached to an aromatic ring is 1. The van der Waals surface area contributed by atoms with Gasteiger partial charge in [0, 0.05) is 17.3 Å². The van der Waals surface area contributed by atoms with Gasteiger partial charge in [-0.3, -0.25) is 4.79 Å². The lowest BCUT2D eigenvalue weighted by atomic mass is 10.1. The van der Waals surface area contributed by atoms with Crippen LogP contribution < -0.4 is 15.8 Å². The molecule has 1 aromatic carbocycles. The Morgan fingerprint density at radius 1 is 1.23 bits per heavy atom. The van der Waals surface area contributed by atoms with E-state index in [4.69, 9.17) is 10.5 Å². The highest BCUT2D eigenvalue weighted by molar-refractivity contribution is 6.07.